The Morgan fingerprint density at radius 3 is 1.90 bits per heavy atom. The van der Waals surface area contributed by atoms with Crippen LogP contribution in [0.2, 0.25) is 0 Å². The van der Waals surface area contributed by atoms with Crippen LogP contribution >= 0.6 is 0 Å². The molecule has 0 atom stereocenters. The van der Waals surface area contributed by atoms with Crippen molar-refractivity contribution in [3.8, 4) is 0 Å². The third-order valence-electron chi connectivity index (χ3n) is 2.51. The third kappa shape index (κ3) is 3.87. The van der Waals surface area contributed by atoms with Crippen molar-refractivity contribution in [1.82, 2.24) is 4.67 Å². The van der Waals surface area contributed by atoms with Gasteiger partial charge in [0.1, 0.15) is 0 Å². The lowest BCUT2D eigenvalue weighted by atomic mass is 10.2. The number of hydrogen-bond acceptors (Lipinski definition) is 5. The summed E-state index contributed by atoms with van der Waals surface area (Å²) in [6.45, 7) is 6.47. The molecule has 0 saturated carbocycles. The van der Waals surface area contributed by atoms with Gasteiger partial charge in [-0.15, -0.1) is 0 Å². The van der Waals surface area contributed by atoms with E-state index in [0.717, 1.165) is 4.67 Å². The first-order chi connectivity index (χ1) is 9.61. The minimum atomic E-state index is -3.38. The number of nitrogens with two attached hydrogens (primary N) is 1. The minimum Gasteiger partial charge on any atom is -0.356 e. The topological polar surface area (TPSA) is 74.0 Å². The summed E-state index contributed by atoms with van der Waals surface area (Å²) in [6.07, 6.45) is 0. The lowest BCUT2D eigenvalue weighted by Crippen LogP contribution is -2.66. The Hall–Kier alpha value is -1.25. The summed E-state index contributed by atoms with van der Waals surface area (Å²) in [5, 5.41) is 0. The van der Waals surface area contributed by atoms with E-state index in [1.54, 1.807) is 45.0 Å². The van der Waals surface area contributed by atoms with Crippen LogP contribution < -0.4 is 5.84 Å². The van der Waals surface area contributed by atoms with E-state index in [0.29, 0.717) is 25.4 Å². The number of amides is 1. The molecule has 0 bridgehead atoms. The van der Waals surface area contributed by atoms with Gasteiger partial charge >= 0.3 is 8.97 Å². The van der Waals surface area contributed by atoms with Crippen molar-refractivity contribution in [3.05, 3.63) is 35.9 Å². The maximum atomic E-state index is 12.4. The standard InChI is InChI=1S/C13H22N2O4Si/c1-4-17-20(18-5-2,19-6-3)15(14)13(16)12-10-8-7-9-11-12/h7-11H,4-6,14H2,1-3H3. The summed E-state index contributed by atoms with van der Waals surface area (Å²) in [5.74, 6) is 5.58. The van der Waals surface area contributed by atoms with Crippen molar-refractivity contribution in [2.45, 2.75) is 20.8 Å². The average Bonchev–Trinajstić information content (AvgIpc) is 2.47. The summed E-state index contributed by atoms with van der Waals surface area (Å²) < 4.78 is 17.8. The molecule has 0 aromatic heterocycles. The summed E-state index contributed by atoms with van der Waals surface area (Å²) in [4.78, 5) is 12.4. The van der Waals surface area contributed by atoms with Gasteiger partial charge in [-0.3, -0.25) is 4.79 Å². The van der Waals surface area contributed by atoms with E-state index >= 15 is 0 Å². The maximum absolute atomic E-state index is 12.4. The molecule has 112 valence electrons. The number of carbonyl (C=O) groups excluding carboxylic acids is 1. The normalized spacial score (nSPS) is 11.4. The number of carbonyl (C=O) groups is 1. The highest BCUT2D eigenvalue weighted by molar-refractivity contribution is 6.60. The molecule has 0 aliphatic rings. The van der Waals surface area contributed by atoms with E-state index in [9.17, 15) is 4.79 Å². The summed E-state index contributed by atoms with van der Waals surface area (Å²) >= 11 is 0. The van der Waals surface area contributed by atoms with Crippen LogP contribution in [0.15, 0.2) is 30.3 Å². The molecule has 0 spiro atoms. The van der Waals surface area contributed by atoms with Gasteiger partial charge in [-0.2, -0.15) is 0 Å². The molecule has 7 heteroatoms. The van der Waals surface area contributed by atoms with E-state index in [4.69, 9.17) is 19.1 Å². The molecule has 1 rings (SSSR count). The molecule has 6 nitrogen and oxygen atoms in total. The van der Waals surface area contributed by atoms with Crippen LogP contribution in [0.1, 0.15) is 31.1 Å². The van der Waals surface area contributed by atoms with Crippen LogP contribution in [0.4, 0.5) is 0 Å². The Kier molecular flexibility index (Phi) is 6.83. The Balaban J connectivity index is 3.02. The first-order valence-electron chi connectivity index (χ1n) is 6.67. The first kappa shape index (κ1) is 16.8. The second-order valence-corrected chi connectivity index (χ2v) is 6.26. The zero-order valence-corrected chi connectivity index (χ0v) is 13.2. The van der Waals surface area contributed by atoms with Gasteiger partial charge in [-0.25, -0.2) is 10.5 Å². The average molecular weight is 298 g/mol. The fourth-order valence-electron chi connectivity index (χ4n) is 1.73. The van der Waals surface area contributed by atoms with Gasteiger partial charge in [0.25, 0.3) is 5.91 Å². The molecule has 0 radical (unpaired) electrons. The van der Waals surface area contributed by atoms with Gasteiger partial charge in [0.2, 0.25) is 0 Å². The predicted octanol–water partition coefficient (Wildman–Crippen LogP) is 1.55. The van der Waals surface area contributed by atoms with E-state index in [2.05, 4.69) is 0 Å². The highest BCUT2D eigenvalue weighted by Crippen LogP contribution is 2.16. The van der Waals surface area contributed by atoms with Crippen molar-refractivity contribution >= 4 is 14.9 Å². The molecule has 2 N–H and O–H groups in total. The molecular weight excluding hydrogens is 276 g/mol. The van der Waals surface area contributed by atoms with Crippen molar-refractivity contribution in [2.75, 3.05) is 19.8 Å². The lowest BCUT2D eigenvalue weighted by Gasteiger charge is -2.34. The summed E-state index contributed by atoms with van der Waals surface area (Å²) in [7, 11) is -3.38. The Morgan fingerprint density at radius 2 is 1.50 bits per heavy atom. The molecule has 0 aliphatic heterocycles. The van der Waals surface area contributed by atoms with Crippen molar-refractivity contribution in [3.63, 3.8) is 0 Å². The van der Waals surface area contributed by atoms with Crippen LogP contribution in [-0.4, -0.2) is 39.4 Å². The molecule has 0 fully saturated rings. The van der Waals surface area contributed by atoms with Crippen LogP contribution in [0.3, 0.4) is 0 Å². The molecule has 0 heterocycles. The summed E-state index contributed by atoms with van der Waals surface area (Å²) in [6, 6.07) is 8.74. The monoisotopic (exact) mass is 298 g/mol. The highest BCUT2D eigenvalue weighted by Gasteiger charge is 2.51. The smallest absolute Gasteiger partial charge is 0.356 e. The SMILES string of the molecule is CCO[Si](OCC)(OCC)N(N)C(=O)c1ccccc1. The van der Waals surface area contributed by atoms with Crippen molar-refractivity contribution in [1.29, 1.82) is 0 Å². The first-order valence-corrected chi connectivity index (χ1v) is 8.34. The van der Waals surface area contributed by atoms with Gasteiger partial charge in [-0.05, 0) is 32.9 Å². The Labute approximate surface area is 120 Å². The molecule has 0 aliphatic carbocycles. The lowest BCUT2D eigenvalue weighted by molar-refractivity contribution is 0.0165. The van der Waals surface area contributed by atoms with Crippen LogP contribution in [0.5, 0.6) is 0 Å². The van der Waals surface area contributed by atoms with Crippen molar-refractivity contribution < 1.29 is 18.1 Å². The zero-order chi connectivity index (χ0) is 15.0. The summed E-state index contributed by atoms with van der Waals surface area (Å²) in [5.41, 5.74) is 0.464. The van der Waals surface area contributed by atoms with E-state index < -0.39 is 8.97 Å². The fraction of sp³-hybridized carbons (Fsp3) is 0.462. The van der Waals surface area contributed by atoms with Gasteiger partial charge in [-0.1, -0.05) is 18.2 Å². The minimum absolute atomic E-state index is 0.349. The fourth-order valence-corrected chi connectivity index (χ4v) is 3.86. The van der Waals surface area contributed by atoms with Gasteiger partial charge in [0.05, 0.1) is 0 Å². The second kappa shape index (κ2) is 8.13. The van der Waals surface area contributed by atoms with Crippen LogP contribution in [0.25, 0.3) is 0 Å². The van der Waals surface area contributed by atoms with E-state index in [-0.39, 0.29) is 5.91 Å². The highest BCUT2D eigenvalue weighted by atomic mass is 28.4. The number of rotatable bonds is 8. The number of benzene rings is 1. The van der Waals surface area contributed by atoms with Crippen LogP contribution in [-0.2, 0) is 13.3 Å². The molecule has 0 unspecified atom stereocenters. The number of nitrogens with zero attached hydrogens (tertiary/aromatic N) is 1. The Morgan fingerprint density at radius 1 is 1.05 bits per heavy atom. The second-order valence-electron chi connectivity index (χ2n) is 3.86. The largest absolute Gasteiger partial charge is 0.651 e. The van der Waals surface area contributed by atoms with E-state index in [1.807, 2.05) is 6.07 Å². The third-order valence-corrected chi connectivity index (χ3v) is 5.27. The maximum Gasteiger partial charge on any atom is 0.651 e. The molecule has 0 saturated heterocycles. The van der Waals surface area contributed by atoms with Crippen LogP contribution in [0, 0.1) is 0 Å². The quantitative estimate of drug-likeness (QED) is 0.341. The molecule has 20 heavy (non-hydrogen) atoms. The van der Waals surface area contributed by atoms with Gasteiger partial charge in [0.15, 0.2) is 0 Å². The van der Waals surface area contributed by atoms with Crippen molar-refractivity contribution in [2.24, 2.45) is 5.84 Å². The molecule has 1 amide bonds. The molecule has 1 aromatic carbocycles. The molecule has 1 aromatic rings. The number of hydrazine groups is 1. The van der Waals surface area contributed by atoms with E-state index in [1.165, 1.54) is 0 Å². The van der Waals surface area contributed by atoms with Gasteiger partial charge < -0.3 is 13.3 Å². The number of hydrogen-bond donors (Lipinski definition) is 1. The molecular formula is C13H22N2O4Si. The Bertz CT molecular complexity index is 399. The van der Waals surface area contributed by atoms with Gasteiger partial charge in [0, 0.05) is 25.4 Å². The predicted molar refractivity (Wildman–Crippen MR) is 77.4 cm³/mol. The zero-order valence-electron chi connectivity index (χ0n) is 12.2.